The number of nitrogens with two attached hydrogens (primary N) is 1. The molecule has 68 valence electrons. The first-order valence-electron chi connectivity index (χ1n) is 4.33. The van der Waals surface area contributed by atoms with Crippen molar-refractivity contribution < 1.29 is 0 Å². The van der Waals surface area contributed by atoms with Crippen molar-refractivity contribution >= 4 is 0 Å². The summed E-state index contributed by atoms with van der Waals surface area (Å²) in [6.45, 7) is 5.06. The SMILES string of the molecule is CC[C@@H](C)[C@@H](N)Cn1ccnn1. The normalized spacial score (nSPS) is 15.9. The van der Waals surface area contributed by atoms with Gasteiger partial charge in [-0.15, -0.1) is 5.10 Å². The van der Waals surface area contributed by atoms with Crippen LogP contribution in [0.2, 0.25) is 0 Å². The lowest BCUT2D eigenvalue weighted by atomic mass is 10.0. The molecule has 0 saturated carbocycles. The van der Waals surface area contributed by atoms with Gasteiger partial charge in [0.15, 0.2) is 0 Å². The Morgan fingerprint density at radius 2 is 2.33 bits per heavy atom. The predicted molar refractivity (Wildman–Crippen MR) is 47.5 cm³/mol. The van der Waals surface area contributed by atoms with Crippen molar-refractivity contribution in [3.8, 4) is 0 Å². The lowest BCUT2D eigenvalue weighted by Gasteiger charge is -2.17. The van der Waals surface area contributed by atoms with E-state index >= 15 is 0 Å². The van der Waals surface area contributed by atoms with Crippen LogP contribution in [0, 0.1) is 5.92 Å². The van der Waals surface area contributed by atoms with Crippen LogP contribution in [0.4, 0.5) is 0 Å². The van der Waals surface area contributed by atoms with Gasteiger partial charge in [0.2, 0.25) is 0 Å². The molecule has 2 atom stereocenters. The van der Waals surface area contributed by atoms with E-state index in [9.17, 15) is 0 Å². The molecule has 0 unspecified atom stereocenters. The van der Waals surface area contributed by atoms with E-state index in [1.54, 1.807) is 10.9 Å². The third kappa shape index (κ3) is 2.30. The molecule has 0 amide bonds. The molecule has 0 bridgehead atoms. The molecular formula is C8H16N4. The summed E-state index contributed by atoms with van der Waals surface area (Å²) >= 11 is 0. The molecule has 1 rings (SSSR count). The fourth-order valence-electron chi connectivity index (χ4n) is 1.03. The van der Waals surface area contributed by atoms with Gasteiger partial charge in [-0.05, 0) is 5.92 Å². The molecule has 1 heterocycles. The molecule has 1 aromatic rings. The molecule has 0 spiro atoms. The standard InChI is InChI=1S/C8H16N4/c1-3-7(2)8(9)6-12-5-4-10-11-12/h4-5,7-8H,3,6,9H2,1-2H3/t7-,8+/m1/s1. The summed E-state index contributed by atoms with van der Waals surface area (Å²) in [4.78, 5) is 0. The molecule has 0 fully saturated rings. The molecule has 12 heavy (non-hydrogen) atoms. The van der Waals surface area contributed by atoms with Crippen LogP contribution in [0.5, 0.6) is 0 Å². The van der Waals surface area contributed by atoms with Crippen LogP contribution >= 0.6 is 0 Å². The molecular weight excluding hydrogens is 152 g/mol. The van der Waals surface area contributed by atoms with E-state index in [-0.39, 0.29) is 6.04 Å². The van der Waals surface area contributed by atoms with Crippen LogP contribution in [-0.4, -0.2) is 21.0 Å². The predicted octanol–water partition coefficient (Wildman–Crippen LogP) is 0.652. The quantitative estimate of drug-likeness (QED) is 0.718. The van der Waals surface area contributed by atoms with Crippen molar-refractivity contribution in [2.75, 3.05) is 0 Å². The summed E-state index contributed by atoms with van der Waals surface area (Å²) in [5.74, 6) is 0.536. The van der Waals surface area contributed by atoms with Gasteiger partial charge in [-0.1, -0.05) is 25.5 Å². The monoisotopic (exact) mass is 168 g/mol. The van der Waals surface area contributed by atoms with Crippen LogP contribution in [0.25, 0.3) is 0 Å². The van der Waals surface area contributed by atoms with E-state index < -0.39 is 0 Å². The third-order valence-corrected chi connectivity index (χ3v) is 2.24. The first-order valence-corrected chi connectivity index (χ1v) is 4.33. The topological polar surface area (TPSA) is 56.7 Å². The van der Waals surface area contributed by atoms with E-state index in [4.69, 9.17) is 5.73 Å². The van der Waals surface area contributed by atoms with Gasteiger partial charge in [0.05, 0.1) is 12.7 Å². The number of aromatic nitrogens is 3. The fraction of sp³-hybridized carbons (Fsp3) is 0.750. The van der Waals surface area contributed by atoms with Crippen molar-refractivity contribution in [1.29, 1.82) is 0 Å². The van der Waals surface area contributed by atoms with Crippen molar-refractivity contribution in [3.05, 3.63) is 12.4 Å². The largest absolute Gasteiger partial charge is 0.326 e. The molecule has 1 aromatic heterocycles. The Morgan fingerprint density at radius 1 is 1.58 bits per heavy atom. The van der Waals surface area contributed by atoms with E-state index in [0.29, 0.717) is 5.92 Å². The zero-order valence-corrected chi connectivity index (χ0v) is 7.64. The molecule has 4 nitrogen and oxygen atoms in total. The summed E-state index contributed by atoms with van der Waals surface area (Å²) in [5.41, 5.74) is 5.93. The fourth-order valence-corrected chi connectivity index (χ4v) is 1.03. The van der Waals surface area contributed by atoms with Gasteiger partial charge in [-0.25, -0.2) is 0 Å². The second-order valence-corrected chi connectivity index (χ2v) is 3.17. The molecule has 0 aliphatic carbocycles. The second-order valence-electron chi connectivity index (χ2n) is 3.17. The Hall–Kier alpha value is -0.900. The highest BCUT2D eigenvalue weighted by molar-refractivity contribution is 4.71. The van der Waals surface area contributed by atoms with Crippen LogP contribution in [0.1, 0.15) is 20.3 Å². The van der Waals surface area contributed by atoms with Crippen LogP contribution in [0.3, 0.4) is 0 Å². The number of rotatable bonds is 4. The van der Waals surface area contributed by atoms with E-state index in [0.717, 1.165) is 13.0 Å². The van der Waals surface area contributed by atoms with Gasteiger partial charge in [-0.3, -0.25) is 4.68 Å². The van der Waals surface area contributed by atoms with Crippen molar-refractivity contribution in [2.24, 2.45) is 11.7 Å². The maximum Gasteiger partial charge on any atom is 0.0692 e. The maximum absolute atomic E-state index is 5.93. The van der Waals surface area contributed by atoms with Crippen molar-refractivity contribution in [1.82, 2.24) is 15.0 Å². The lowest BCUT2D eigenvalue weighted by molar-refractivity contribution is 0.377. The lowest BCUT2D eigenvalue weighted by Crippen LogP contribution is -2.32. The van der Waals surface area contributed by atoms with Crippen molar-refractivity contribution in [2.45, 2.75) is 32.9 Å². The zero-order chi connectivity index (χ0) is 8.97. The van der Waals surface area contributed by atoms with Gasteiger partial charge >= 0.3 is 0 Å². The minimum Gasteiger partial charge on any atom is -0.326 e. The number of hydrogen-bond acceptors (Lipinski definition) is 3. The Morgan fingerprint density at radius 3 is 2.83 bits per heavy atom. The molecule has 0 radical (unpaired) electrons. The second kappa shape index (κ2) is 4.21. The Labute approximate surface area is 72.8 Å². The summed E-state index contributed by atoms with van der Waals surface area (Å²) < 4.78 is 1.77. The third-order valence-electron chi connectivity index (χ3n) is 2.24. The van der Waals surface area contributed by atoms with Gasteiger partial charge in [-0.2, -0.15) is 0 Å². The molecule has 4 heteroatoms. The Bertz CT molecular complexity index is 207. The summed E-state index contributed by atoms with van der Waals surface area (Å²) in [7, 11) is 0. The summed E-state index contributed by atoms with van der Waals surface area (Å²) in [6, 6.07) is 0.177. The Kier molecular flexibility index (Phi) is 3.22. The molecule has 0 aliphatic heterocycles. The first-order chi connectivity index (χ1) is 5.74. The smallest absolute Gasteiger partial charge is 0.0692 e. The minimum absolute atomic E-state index is 0.177. The highest BCUT2D eigenvalue weighted by atomic mass is 15.4. The minimum atomic E-state index is 0.177. The highest BCUT2D eigenvalue weighted by Crippen LogP contribution is 2.06. The first kappa shape index (κ1) is 9.19. The number of nitrogens with zero attached hydrogens (tertiary/aromatic N) is 3. The van der Waals surface area contributed by atoms with Gasteiger partial charge in [0.1, 0.15) is 0 Å². The highest BCUT2D eigenvalue weighted by Gasteiger charge is 2.10. The maximum atomic E-state index is 5.93. The van der Waals surface area contributed by atoms with Gasteiger partial charge in [0.25, 0.3) is 0 Å². The van der Waals surface area contributed by atoms with E-state index in [1.807, 2.05) is 6.20 Å². The average molecular weight is 168 g/mol. The number of hydrogen-bond donors (Lipinski definition) is 1. The van der Waals surface area contributed by atoms with Crippen LogP contribution < -0.4 is 5.73 Å². The zero-order valence-electron chi connectivity index (χ0n) is 7.64. The average Bonchev–Trinajstić information content (AvgIpc) is 2.55. The Balaban J connectivity index is 2.41. The van der Waals surface area contributed by atoms with E-state index in [2.05, 4.69) is 24.2 Å². The molecule has 2 N–H and O–H groups in total. The summed E-state index contributed by atoms with van der Waals surface area (Å²) in [6.07, 6.45) is 4.61. The van der Waals surface area contributed by atoms with Crippen LogP contribution in [-0.2, 0) is 6.54 Å². The molecule has 0 saturated heterocycles. The summed E-state index contributed by atoms with van der Waals surface area (Å²) in [5, 5.41) is 7.58. The van der Waals surface area contributed by atoms with Crippen LogP contribution in [0.15, 0.2) is 12.4 Å². The molecule has 0 aliphatic rings. The molecule has 0 aromatic carbocycles. The van der Waals surface area contributed by atoms with E-state index in [1.165, 1.54) is 0 Å². The van der Waals surface area contributed by atoms with Crippen molar-refractivity contribution in [3.63, 3.8) is 0 Å². The van der Waals surface area contributed by atoms with Gasteiger partial charge in [0, 0.05) is 12.2 Å². The van der Waals surface area contributed by atoms with Gasteiger partial charge < -0.3 is 5.73 Å².